The van der Waals surface area contributed by atoms with Crippen LogP contribution in [0.15, 0.2) is 53.4 Å². The molecule has 0 aromatic heterocycles. The highest BCUT2D eigenvalue weighted by atomic mass is 32.2. The van der Waals surface area contributed by atoms with Crippen molar-refractivity contribution in [1.82, 2.24) is 0 Å². The SMILES string of the molecule is O=S(=O)(O)c1c2[c]c(c3ccccc13)-c1ccc-2cc1. The molecular weight excluding hydrogens is 272 g/mol. The predicted molar refractivity (Wildman–Crippen MR) is 77.0 cm³/mol. The molecule has 2 aliphatic rings. The summed E-state index contributed by atoms with van der Waals surface area (Å²) < 4.78 is 33.2. The fourth-order valence-electron chi connectivity index (χ4n) is 2.79. The van der Waals surface area contributed by atoms with Crippen molar-refractivity contribution in [2.75, 3.05) is 0 Å². The molecule has 1 radical (unpaired) electrons. The van der Waals surface area contributed by atoms with Gasteiger partial charge in [0.25, 0.3) is 10.1 Å². The maximum atomic E-state index is 11.8. The maximum absolute atomic E-state index is 11.8. The van der Waals surface area contributed by atoms with Crippen molar-refractivity contribution < 1.29 is 13.0 Å². The molecule has 4 heteroatoms. The summed E-state index contributed by atoms with van der Waals surface area (Å²) in [5.74, 6) is 0. The highest BCUT2D eigenvalue weighted by Gasteiger charge is 2.25. The van der Waals surface area contributed by atoms with Gasteiger partial charge in [0.1, 0.15) is 4.90 Å². The molecule has 0 saturated heterocycles. The van der Waals surface area contributed by atoms with Gasteiger partial charge in [-0.2, -0.15) is 8.42 Å². The van der Waals surface area contributed by atoms with E-state index in [1.165, 1.54) is 0 Å². The van der Waals surface area contributed by atoms with Gasteiger partial charge >= 0.3 is 0 Å². The third-order valence-electron chi connectivity index (χ3n) is 3.64. The van der Waals surface area contributed by atoms with E-state index in [-0.39, 0.29) is 4.90 Å². The standard InChI is InChI=1S/C16H9O3S/c17-20(18,19)16-13-4-2-1-3-12(13)14-9-15(16)11-7-5-10(14)6-8-11/h1-8H,(H,17,18,19). The van der Waals surface area contributed by atoms with E-state index in [0.29, 0.717) is 10.9 Å². The molecule has 5 rings (SSSR count). The Kier molecular flexibility index (Phi) is 2.14. The molecular formula is C16H9O3S. The molecule has 4 bridgehead atoms. The Labute approximate surface area is 116 Å². The first-order valence-corrected chi connectivity index (χ1v) is 7.56. The lowest BCUT2D eigenvalue weighted by Gasteiger charge is -2.11. The highest BCUT2D eigenvalue weighted by Crippen LogP contribution is 2.42. The van der Waals surface area contributed by atoms with Gasteiger partial charge in [0, 0.05) is 17.0 Å². The lowest BCUT2D eigenvalue weighted by molar-refractivity contribution is 0.484. The molecule has 0 aliphatic heterocycles. The van der Waals surface area contributed by atoms with E-state index >= 15 is 0 Å². The molecule has 3 nitrogen and oxygen atoms in total. The van der Waals surface area contributed by atoms with Crippen LogP contribution >= 0.6 is 0 Å². The molecule has 0 spiro atoms. The summed E-state index contributed by atoms with van der Waals surface area (Å²) in [6.07, 6.45) is 0. The lowest BCUT2D eigenvalue weighted by Crippen LogP contribution is -2.02. The van der Waals surface area contributed by atoms with Crippen LogP contribution in [0.25, 0.3) is 33.0 Å². The minimum absolute atomic E-state index is 0.0655. The number of rotatable bonds is 1. The second kappa shape index (κ2) is 3.69. The Morgan fingerprint density at radius 1 is 0.800 bits per heavy atom. The minimum Gasteiger partial charge on any atom is -0.282 e. The van der Waals surface area contributed by atoms with Gasteiger partial charge in [-0.25, -0.2) is 0 Å². The van der Waals surface area contributed by atoms with Crippen LogP contribution in [0, 0.1) is 6.07 Å². The quantitative estimate of drug-likeness (QED) is 0.543. The average molecular weight is 281 g/mol. The molecule has 0 heterocycles. The Morgan fingerprint density at radius 2 is 1.35 bits per heavy atom. The molecule has 0 unspecified atom stereocenters. The number of hydrogen-bond acceptors (Lipinski definition) is 2. The number of benzene rings is 3. The van der Waals surface area contributed by atoms with Crippen LogP contribution in [0.4, 0.5) is 0 Å². The van der Waals surface area contributed by atoms with Crippen molar-refractivity contribution in [3.05, 3.63) is 54.6 Å². The molecule has 97 valence electrons. The van der Waals surface area contributed by atoms with Crippen LogP contribution in [0.1, 0.15) is 0 Å². The molecule has 0 amide bonds. The van der Waals surface area contributed by atoms with E-state index in [4.69, 9.17) is 0 Å². The Balaban J connectivity index is 2.35. The third-order valence-corrected chi connectivity index (χ3v) is 4.58. The van der Waals surface area contributed by atoms with Gasteiger partial charge in [0.15, 0.2) is 0 Å². The molecule has 0 atom stereocenters. The molecule has 1 N–H and O–H groups in total. The third kappa shape index (κ3) is 1.46. The van der Waals surface area contributed by atoms with Gasteiger partial charge in [-0.05, 0) is 22.1 Å². The first kappa shape index (κ1) is 11.6. The Hall–Kier alpha value is -2.17. The zero-order chi connectivity index (χ0) is 13.9. The lowest BCUT2D eigenvalue weighted by atomic mass is 9.98. The summed E-state index contributed by atoms with van der Waals surface area (Å²) in [5, 5.41) is 1.30. The van der Waals surface area contributed by atoms with Gasteiger partial charge in [0.05, 0.1) is 0 Å². The topological polar surface area (TPSA) is 54.4 Å². The van der Waals surface area contributed by atoms with E-state index in [1.54, 1.807) is 12.1 Å². The van der Waals surface area contributed by atoms with Crippen molar-refractivity contribution in [3.8, 4) is 22.3 Å². The highest BCUT2D eigenvalue weighted by molar-refractivity contribution is 7.86. The van der Waals surface area contributed by atoms with Crippen molar-refractivity contribution in [2.24, 2.45) is 0 Å². The van der Waals surface area contributed by atoms with E-state index in [9.17, 15) is 13.0 Å². The fraction of sp³-hybridized carbons (Fsp3) is 0. The molecule has 3 aromatic rings. The first-order valence-electron chi connectivity index (χ1n) is 6.12. The van der Waals surface area contributed by atoms with Crippen LogP contribution in [0.2, 0.25) is 0 Å². The van der Waals surface area contributed by atoms with E-state index in [2.05, 4.69) is 6.07 Å². The average Bonchev–Trinajstić information content (AvgIpc) is 2.66. The van der Waals surface area contributed by atoms with Crippen molar-refractivity contribution in [1.29, 1.82) is 0 Å². The molecule has 0 fully saturated rings. The van der Waals surface area contributed by atoms with Gasteiger partial charge in [0.2, 0.25) is 0 Å². The monoisotopic (exact) mass is 281 g/mol. The van der Waals surface area contributed by atoms with Crippen LogP contribution in [0.5, 0.6) is 0 Å². The van der Waals surface area contributed by atoms with Gasteiger partial charge in [-0.15, -0.1) is 0 Å². The zero-order valence-electron chi connectivity index (χ0n) is 10.3. The largest absolute Gasteiger partial charge is 0.295 e. The Bertz CT molecular complexity index is 955. The first-order chi connectivity index (χ1) is 9.55. The number of hydrogen-bond donors (Lipinski definition) is 1. The predicted octanol–water partition coefficient (Wildman–Crippen LogP) is 3.53. The summed E-state index contributed by atoms with van der Waals surface area (Å²) in [7, 11) is -4.32. The summed E-state index contributed by atoms with van der Waals surface area (Å²) in [4.78, 5) is -0.0655. The van der Waals surface area contributed by atoms with E-state index in [0.717, 1.165) is 22.1 Å². The van der Waals surface area contributed by atoms with Crippen LogP contribution in [-0.4, -0.2) is 13.0 Å². The molecule has 2 aliphatic carbocycles. The van der Waals surface area contributed by atoms with Gasteiger partial charge < -0.3 is 0 Å². The second-order valence-electron chi connectivity index (χ2n) is 4.80. The van der Waals surface area contributed by atoms with Gasteiger partial charge in [-0.1, -0.05) is 48.5 Å². The Morgan fingerprint density at radius 3 is 1.95 bits per heavy atom. The van der Waals surface area contributed by atoms with Crippen LogP contribution in [-0.2, 0) is 10.1 Å². The second-order valence-corrected chi connectivity index (χ2v) is 6.16. The summed E-state index contributed by atoms with van der Waals surface area (Å²) >= 11 is 0. The van der Waals surface area contributed by atoms with Crippen molar-refractivity contribution in [2.45, 2.75) is 4.90 Å². The molecule has 20 heavy (non-hydrogen) atoms. The molecule has 0 saturated carbocycles. The zero-order valence-corrected chi connectivity index (χ0v) is 11.1. The van der Waals surface area contributed by atoms with E-state index < -0.39 is 10.1 Å². The van der Waals surface area contributed by atoms with Crippen molar-refractivity contribution >= 4 is 20.9 Å². The van der Waals surface area contributed by atoms with E-state index in [1.807, 2.05) is 36.4 Å². The summed E-state index contributed by atoms with van der Waals surface area (Å²) in [6, 6.07) is 17.9. The summed E-state index contributed by atoms with van der Waals surface area (Å²) in [6.45, 7) is 0. The number of fused-ring (bicyclic) bond motifs is 3. The maximum Gasteiger partial charge on any atom is 0.295 e. The van der Waals surface area contributed by atoms with Gasteiger partial charge in [-0.3, -0.25) is 4.55 Å². The smallest absolute Gasteiger partial charge is 0.282 e. The van der Waals surface area contributed by atoms with Crippen molar-refractivity contribution in [3.63, 3.8) is 0 Å². The minimum atomic E-state index is -4.32. The fourth-order valence-corrected chi connectivity index (χ4v) is 3.67. The summed E-state index contributed by atoms with van der Waals surface area (Å²) in [5.41, 5.74) is 3.03. The van der Waals surface area contributed by atoms with Crippen LogP contribution < -0.4 is 0 Å². The normalized spacial score (nSPS) is 12.7. The van der Waals surface area contributed by atoms with Crippen LogP contribution in [0.3, 0.4) is 0 Å². The molecule has 3 aromatic carbocycles.